The van der Waals surface area contributed by atoms with Gasteiger partial charge in [0.25, 0.3) is 0 Å². The molecule has 0 bridgehead atoms. The minimum absolute atomic E-state index is 0.0934. The van der Waals surface area contributed by atoms with Gasteiger partial charge in [-0.25, -0.2) is 0 Å². The molecule has 1 aliphatic rings. The number of likely N-dealkylation sites (N-methyl/N-ethyl adjacent to an activating group) is 1. The van der Waals surface area contributed by atoms with Crippen molar-refractivity contribution in [3.63, 3.8) is 0 Å². The van der Waals surface area contributed by atoms with Crippen LogP contribution in [0, 0.1) is 11.8 Å². The fraction of sp³-hybridized carbons (Fsp3) is 0.923. The van der Waals surface area contributed by atoms with Gasteiger partial charge in [-0.15, -0.1) is 0 Å². The van der Waals surface area contributed by atoms with E-state index in [1.807, 2.05) is 32.8 Å². The van der Waals surface area contributed by atoms with Crippen LogP contribution in [0.1, 0.15) is 20.3 Å². The highest BCUT2D eigenvalue weighted by molar-refractivity contribution is 5.80. The SMILES string of the molecule is CC(C)C(CN)C(=O)N1CC(O)CC1CN(C)C. The van der Waals surface area contributed by atoms with E-state index in [2.05, 4.69) is 4.90 Å². The van der Waals surface area contributed by atoms with Crippen LogP contribution < -0.4 is 5.73 Å². The lowest BCUT2D eigenvalue weighted by Crippen LogP contribution is -2.47. The zero-order valence-electron chi connectivity index (χ0n) is 12.0. The van der Waals surface area contributed by atoms with Gasteiger partial charge in [-0.05, 0) is 26.4 Å². The lowest BCUT2D eigenvalue weighted by Gasteiger charge is -2.31. The zero-order valence-corrected chi connectivity index (χ0v) is 12.0. The van der Waals surface area contributed by atoms with Gasteiger partial charge in [-0.3, -0.25) is 4.79 Å². The van der Waals surface area contributed by atoms with Crippen molar-refractivity contribution in [3.05, 3.63) is 0 Å². The van der Waals surface area contributed by atoms with Crippen LogP contribution in [0.3, 0.4) is 0 Å². The summed E-state index contributed by atoms with van der Waals surface area (Å²) < 4.78 is 0. The maximum absolute atomic E-state index is 12.5. The third-order valence-corrected chi connectivity index (χ3v) is 3.63. The summed E-state index contributed by atoms with van der Waals surface area (Å²) in [5.41, 5.74) is 5.70. The number of aliphatic hydroxyl groups excluding tert-OH is 1. The summed E-state index contributed by atoms with van der Waals surface area (Å²) in [7, 11) is 3.96. The number of nitrogens with two attached hydrogens (primary N) is 1. The van der Waals surface area contributed by atoms with Crippen LogP contribution in [-0.2, 0) is 4.79 Å². The third kappa shape index (κ3) is 3.67. The Hall–Kier alpha value is -0.650. The van der Waals surface area contributed by atoms with Gasteiger partial charge >= 0.3 is 0 Å². The molecule has 5 heteroatoms. The Morgan fingerprint density at radius 2 is 2.11 bits per heavy atom. The van der Waals surface area contributed by atoms with Crippen molar-refractivity contribution in [1.29, 1.82) is 0 Å². The summed E-state index contributed by atoms with van der Waals surface area (Å²) >= 11 is 0. The molecule has 0 aromatic rings. The molecule has 1 saturated heterocycles. The summed E-state index contributed by atoms with van der Waals surface area (Å²) in [6, 6.07) is 0.107. The normalized spacial score (nSPS) is 26.1. The molecule has 1 rings (SSSR count). The van der Waals surface area contributed by atoms with Crippen LogP contribution in [0.5, 0.6) is 0 Å². The minimum Gasteiger partial charge on any atom is -0.391 e. The molecule has 5 nitrogen and oxygen atoms in total. The molecule has 0 spiro atoms. The smallest absolute Gasteiger partial charge is 0.227 e. The van der Waals surface area contributed by atoms with Gasteiger partial charge in [-0.1, -0.05) is 13.8 Å². The van der Waals surface area contributed by atoms with Crippen molar-refractivity contribution in [3.8, 4) is 0 Å². The highest BCUT2D eigenvalue weighted by atomic mass is 16.3. The highest BCUT2D eigenvalue weighted by Crippen LogP contribution is 2.23. The van der Waals surface area contributed by atoms with Crippen molar-refractivity contribution >= 4 is 5.91 Å². The summed E-state index contributed by atoms with van der Waals surface area (Å²) in [5, 5.41) is 9.78. The second-order valence-electron chi connectivity index (χ2n) is 5.88. The second kappa shape index (κ2) is 6.50. The van der Waals surface area contributed by atoms with E-state index in [1.165, 1.54) is 0 Å². The molecule has 1 amide bonds. The molecule has 1 aliphatic heterocycles. The molecule has 1 heterocycles. The monoisotopic (exact) mass is 257 g/mol. The van der Waals surface area contributed by atoms with Gasteiger partial charge in [-0.2, -0.15) is 0 Å². The average molecular weight is 257 g/mol. The fourth-order valence-corrected chi connectivity index (χ4v) is 2.63. The van der Waals surface area contributed by atoms with Gasteiger partial charge in [0.2, 0.25) is 5.91 Å². The number of carbonyl (C=O) groups is 1. The number of hydrogen-bond acceptors (Lipinski definition) is 4. The quantitative estimate of drug-likeness (QED) is 0.712. The first-order valence-corrected chi connectivity index (χ1v) is 6.70. The summed E-state index contributed by atoms with van der Waals surface area (Å²) in [5.74, 6) is 0.191. The van der Waals surface area contributed by atoms with E-state index in [0.717, 1.165) is 6.54 Å². The minimum atomic E-state index is -0.399. The van der Waals surface area contributed by atoms with Crippen molar-refractivity contribution in [2.24, 2.45) is 17.6 Å². The van der Waals surface area contributed by atoms with Gasteiger partial charge < -0.3 is 20.6 Å². The molecule has 1 fully saturated rings. The third-order valence-electron chi connectivity index (χ3n) is 3.63. The van der Waals surface area contributed by atoms with Crippen LogP contribution in [0.4, 0.5) is 0 Å². The fourth-order valence-electron chi connectivity index (χ4n) is 2.63. The first-order chi connectivity index (χ1) is 8.36. The number of β-amino-alcohol motifs (C(OH)–C–C–N with tert-alkyl or cyclic N) is 1. The first-order valence-electron chi connectivity index (χ1n) is 6.70. The van der Waals surface area contributed by atoms with E-state index in [1.54, 1.807) is 0 Å². The largest absolute Gasteiger partial charge is 0.391 e. The van der Waals surface area contributed by atoms with Crippen LogP contribution in [0.25, 0.3) is 0 Å². The number of nitrogens with zero attached hydrogens (tertiary/aromatic N) is 2. The Kier molecular flexibility index (Phi) is 5.56. The predicted molar refractivity (Wildman–Crippen MR) is 72.1 cm³/mol. The predicted octanol–water partition coefficient (Wildman–Crippen LogP) is -0.259. The number of amides is 1. The second-order valence-corrected chi connectivity index (χ2v) is 5.88. The zero-order chi connectivity index (χ0) is 13.9. The Bertz CT molecular complexity index is 281. The van der Waals surface area contributed by atoms with Crippen LogP contribution in [0.15, 0.2) is 0 Å². The lowest BCUT2D eigenvalue weighted by molar-refractivity contribution is -0.138. The van der Waals surface area contributed by atoms with Gasteiger partial charge in [0, 0.05) is 25.7 Å². The molecule has 0 aliphatic carbocycles. The topological polar surface area (TPSA) is 69.8 Å². The Morgan fingerprint density at radius 3 is 2.56 bits per heavy atom. The Balaban J connectivity index is 2.75. The summed E-state index contributed by atoms with van der Waals surface area (Å²) in [6.45, 7) is 5.64. The van der Waals surface area contributed by atoms with Gasteiger partial charge in [0.05, 0.1) is 12.0 Å². The first kappa shape index (κ1) is 15.4. The number of hydrogen-bond donors (Lipinski definition) is 2. The number of carbonyl (C=O) groups excluding carboxylic acids is 1. The van der Waals surface area contributed by atoms with Crippen molar-refractivity contribution < 1.29 is 9.90 Å². The van der Waals surface area contributed by atoms with Crippen LogP contribution in [-0.4, -0.2) is 66.7 Å². The molecule has 0 aromatic carbocycles. The standard InChI is InChI=1S/C13H27N3O2/c1-9(2)12(6-14)13(18)16-8-11(17)5-10(16)7-15(3)4/h9-12,17H,5-8,14H2,1-4H3. The molecule has 3 unspecified atom stereocenters. The van der Waals surface area contributed by atoms with E-state index >= 15 is 0 Å². The molecule has 106 valence electrons. The summed E-state index contributed by atoms with van der Waals surface area (Å²) in [4.78, 5) is 16.3. The lowest BCUT2D eigenvalue weighted by atomic mass is 9.94. The maximum Gasteiger partial charge on any atom is 0.227 e. The van der Waals surface area contributed by atoms with Crippen LogP contribution >= 0.6 is 0 Å². The molecule has 0 saturated carbocycles. The molecule has 0 aromatic heterocycles. The van der Waals surface area contributed by atoms with E-state index in [4.69, 9.17) is 5.73 Å². The number of rotatable bonds is 5. The Labute approximate surface area is 110 Å². The van der Waals surface area contributed by atoms with Gasteiger partial charge in [0.15, 0.2) is 0 Å². The molecular formula is C13H27N3O2. The van der Waals surface area contributed by atoms with Crippen molar-refractivity contribution in [2.45, 2.75) is 32.4 Å². The Morgan fingerprint density at radius 1 is 1.50 bits per heavy atom. The van der Waals surface area contributed by atoms with Crippen molar-refractivity contribution in [2.75, 3.05) is 33.7 Å². The van der Waals surface area contributed by atoms with E-state index in [9.17, 15) is 9.90 Å². The van der Waals surface area contributed by atoms with Crippen LogP contribution in [0.2, 0.25) is 0 Å². The molecule has 18 heavy (non-hydrogen) atoms. The van der Waals surface area contributed by atoms with Crippen molar-refractivity contribution in [1.82, 2.24) is 9.80 Å². The average Bonchev–Trinajstić information content (AvgIpc) is 2.58. The number of aliphatic hydroxyl groups is 1. The molecule has 0 radical (unpaired) electrons. The van der Waals surface area contributed by atoms with E-state index in [0.29, 0.717) is 19.5 Å². The molecular weight excluding hydrogens is 230 g/mol. The highest BCUT2D eigenvalue weighted by Gasteiger charge is 2.37. The molecule has 3 N–H and O–H groups in total. The molecule has 3 atom stereocenters. The van der Waals surface area contributed by atoms with Gasteiger partial charge in [0.1, 0.15) is 0 Å². The number of likely N-dealkylation sites (tertiary alicyclic amines) is 1. The summed E-state index contributed by atoms with van der Waals surface area (Å²) in [6.07, 6.45) is 0.267. The maximum atomic E-state index is 12.5. The van der Waals surface area contributed by atoms with E-state index < -0.39 is 6.10 Å². The van der Waals surface area contributed by atoms with E-state index in [-0.39, 0.29) is 23.8 Å².